The van der Waals surface area contributed by atoms with Gasteiger partial charge in [-0.15, -0.1) is 0 Å². The summed E-state index contributed by atoms with van der Waals surface area (Å²) in [6, 6.07) is 8.03. The molecule has 98 valence electrons. The van der Waals surface area contributed by atoms with Gasteiger partial charge in [0.1, 0.15) is 7.85 Å². The molecule has 1 atom stereocenters. The number of aryl methyl sites for hydroxylation is 1. The third-order valence-electron chi connectivity index (χ3n) is 3.76. The summed E-state index contributed by atoms with van der Waals surface area (Å²) in [5.74, 6) is 0.233. The van der Waals surface area contributed by atoms with Crippen LogP contribution in [-0.4, -0.2) is 22.8 Å². The predicted octanol–water partition coefficient (Wildman–Crippen LogP) is 2.60. The highest BCUT2D eigenvalue weighted by atomic mass is 14.9. The molecule has 3 nitrogen and oxygen atoms in total. The standard InChI is InChI=1S/C16H16BN3/c1-3-12(16-10(2)19-9-20-16)14-7-11(17)8-15-13(14)5-4-6-18-15/h4-9,12H,3H2,1-2H3,(H,19,20). The third kappa shape index (κ3) is 2.11. The number of aromatic amines is 1. The molecule has 0 aliphatic heterocycles. The second-order valence-electron chi connectivity index (χ2n) is 5.05. The number of rotatable bonds is 3. The van der Waals surface area contributed by atoms with Gasteiger partial charge in [-0.3, -0.25) is 4.98 Å². The molecule has 1 N–H and O–H groups in total. The lowest BCUT2D eigenvalue weighted by Gasteiger charge is -2.17. The quantitative estimate of drug-likeness (QED) is 0.736. The topological polar surface area (TPSA) is 41.6 Å². The monoisotopic (exact) mass is 261 g/mol. The normalized spacial score (nSPS) is 12.7. The summed E-state index contributed by atoms with van der Waals surface area (Å²) in [6.45, 7) is 4.22. The SMILES string of the molecule is [B]c1cc(C(CC)c2nc[nH]c2C)c2cccnc2c1. The molecule has 2 aromatic heterocycles. The maximum Gasteiger partial charge on any atom is 0.113 e. The zero-order valence-corrected chi connectivity index (χ0v) is 11.7. The van der Waals surface area contributed by atoms with Gasteiger partial charge < -0.3 is 4.98 Å². The summed E-state index contributed by atoms with van der Waals surface area (Å²) < 4.78 is 0. The van der Waals surface area contributed by atoms with Crippen LogP contribution in [-0.2, 0) is 0 Å². The Hall–Kier alpha value is -2.10. The first-order valence-corrected chi connectivity index (χ1v) is 6.84. The van der Waals surface area contributed by atoms with Crippen LogP contribution in [0.2, 0.25) is 0 Å². The second-order valence-corrected chi connectivity index (χ2v) is 5.05. The summed E-state index contributed by atoms with van der Waals surface area (Å²) in [4.78, 5) is 12.1. The summed E-state index contributed by atoms with van der Waals surface area (Å²) in [7, 11) is 6.04. The van der Waals surface area contributed by atoms with Crippen LogP contribution >= 0.6 is 0 Å². The first kappa shape index (κ1) is 12.9. The van der Waals surface area contributed by atoms with Crippen LogP contribution in [0, 0.1) is 6.92 Å². The number of nitrogens with one attached hydrogen (secondary N) is 1. The molecule has 0 bridgehead atoms. The summed E-state index contributed by atoms with van der Waals surface area (Å²) in [5.41, 5.74) is 5.08. The third-order valence-corrected chi connectivity index (χ3v) is 3.76. The van der Waals surface area contributed by atoms with Gasteiger partial charge in [0, 0.05) is 23.2 Å². The number of hydrogen-bond acceptors (Lipinski definition) is 2. The Labute approximate surface area is 119 Å². The van der Waals surface area contributed by atoms with Gasteiger partial charge in [0.05, 0.1) is 17.5 Å². The van der Waals surface area contributed by atoms with E-state index in [1.165, 1.54) is 5.56 Å². The Bertz CT molecular complexity index is 748. The minimum atomic E-state index is 0.233. The summed E-state index contributed by atoms with van der Waals surface area (Å²) in [5, 5.41) is 1.15. The molecule has 0 saturated heterocycles. The Morgan fingerprint density at radius 2 is 2.15 bits per heavy atom. The van der Waals surface area contributed by atoms with E-state index in [0.29, 0.717) is 0 Å². The molecule has 2 heterocycles. The Morgan fingerprint density at radius 3 is 2.85 bits per heavy atom. The molecular formula is C16H16BN3. The molecule has 0 aliphatic rings. The van der Waals surface area contributed by atoms with Crippen molar-refractivity contribution in [3.8, 4) is 0 Å². The molecule has 0 spiro atoms. The van der Waals surface area contributed by atoms with Crippen LogP contribution < -0.4 is 5.46 Å². The number of hydrogen-bond donors (Lipinski definition) is 1. The summed E-state index contributed by atoms with van der Waals surface area (Å²) >= 11 is 0. The predicted molar refractivity (Wildman–Crippen MR) is 82.6 cm³/mol. The van der Waals surface area contributed by atoms with Crippen LogP contribution in [0.4, 0.5) is 0 Å². The number of pyridine rings is 1. The molecule has 3 rings (SSSR count). The van der Waals surface area contributed by atoms with Crippen LogP contribution in [0.1, 0.15) is 36.2 Å². The lowest BCUT2D eigenvalue weighted by atomic mass is 9.84. The number of nitrogens with zero attached hydrogens (tertiary/aromatic N) is 2. The van der Waals surface area contributed by atoms with Crippen LogP contribution in [0.25, 0.3) is 10.9 Å². The Balaban J connectivity index is 2.24. The highest BCUT2D eigenvalue weighted by Gasteiger charge is 2.19. The largest absolute Gasteiger partial charge is 0.348 e. The average molecular weight is 261 g/mol. The molecule has 0 fully saturated rings. The van der Waals surface area contributed by atoms with Gasteiger partial charge in [0.15, 0.2) is 0 Å². The van der Waals surface area contributed by atoms with Gasteiger partial charge in [-0.05, 0) is 31.0 Å². The molecule has 0 saturated carbocycles. The lowest BCUT2D eigenvalue weighted by Crippen LogP contribution is -2.10. The first-order valence-electron chi connectivity index (χ1n) is 6.84. The molecule has 3 aromatic rings. The van der Waals surface area contributed by atoms with E-state index in [0.717, 1.165) is 34.2 Å². The van der Waals surface area contributed by atoms with Gasteiger partial charge in [-0.25, -0.2) is 4.98 Å². The fourth-order valence-electron chi connectivity index (χ4n) is 2.80. The van der Waals surface area contributed by atoms with E-state index in [9.17, 15) is 0 Å². The average Bonchev–Trinajstić information content (AvgIpc) is 2.86. The van der Waals surface area contributed by atoms with Crippen LogP contribution in [0.3, 0.4) is 0 Å². The zero-order valence-electron chi connectivity index (χ0n) is 11.7. The number of benzene rings is 1. The van der Waals surface area contributed by atoms with E-state index >= 15 is 0 Å². The maximum absolute atomic E-state index is 6.04. The van der Waals surface area contributed by atoms with Crippen molar-refractivity contribution in [2.45, 2.75) is 26.2 Å². The van der Waals surface area contributed by atoms with E-state index in [2.05, 4.69) is 34.9 Å². The molecule has 1 unspecified atom stereocenters. The van der Waals surface area contributed by atoms with Crippen molar-refractivity contribution in [3.05, 3.63) is 53.7 Å². The minimum Gasteiger partial charge on any atom is -0.348 e. The molecule has 2 radical (unpaired) electrons. The highest BCUT2D eigenvalue weighted by Crippen LogP contribution is 2.32. The highest BCUT2D eigenvalue weighted by molar-refractivity contribution is 6.33. The van der Waals surface area contributed by atoms with Gasteiger partial charge >= 0.3 is 0 Å². The number of H-pyrrole nitrogens is 1. The van der Waals surface area contributed by atoms with Crippen LogP contribution in [0.5, 0.6) is 0 Å². The smallest absolute Gasteiger partial charge is 0.113 e. The van der Waals surface area contributed by atoms with Crippen molar-refractivity contribution < 1.29 is 0 Å². The summed E-state index contributed by atoms with van der Waals surface area (Å²) in [6.07, 6.45) is 4.52. The second kappa shape index (κ2) is 5.12. The Morgan fingerprint density at radius 1 is 1.30 bits per heavy atom. The van der Waals surface area contributed by atoms with Gasteiger partial charge in [-0.2, -0.15) is 0 Å². The molecule has 4 heteroatoms. The number of imidazole rings is 1. The van der Waals surface area contributed by atoms with Crippen molar-refractivity contribution in [2.75, 3.05) is 0 Å². The molecule has 0 amide bonds. The maximum atomic E-state index is 6.04. The van der Waals surface area contributed by atoms with E-state index in [1.807, 2.05) is 18.2 Å². The van der Waals surface area contributed by atoms with Crippen LogP contribution in [0.15, 0.2) is 36.8 Å². The van der Waals surface area contributed by atoms with Gasteiger partial charge in [0.2, 0.25) is 0 Å². The Kier molecular flexibility index (Phi) is 3.31. The van der Waals surface area contributed by atoms with Crippen molar-refractivity contribution >= 4 is 24.2 Å². The van der Waals surface area contributed by atoms with E-state index in [-0.39, 0.29) is 5.92 Å². The fourth-order valence-corrected chi connectivity index (χ4v) is 2.80. The number of fused-ring (bicyclic) bond motifs is 1. The van der Waals surface area contributed by atoms with E-state index in [1.54, 1.807) is 12.5 Å². The lowest BCUT2D eigenvalue weighted by molar-refractivity contribution is 0.754. The van der Waals surface area contributed by atoms with E-state index in [4.69, 9.17) is 7.85 Å². The first-order chi connectivity index (χ1) is 9.70. The number of aromatic nitrogens is 3. The minimum absolute atomic E-state index is 0.233. The van der Waals surface area contributed by atoms with Gasteiger partial charge in [0.25, 0.3) is 0 Å². The van der Waals surface area contributed by atoms with Crippen molar-refractivity contribution in [1.82, 2.24) is 15.0 Å². The van der Waals surface area contributed by atoms with Crippen molar-refractivity contribution in [3.63, 3.8) is 0 Å². The molecule has 1 aromatic carbocycles. The molecule has 20 heavy (non-hydrogen) atoms. The zero-order chi connectivity index (χ0) is 14.1. The fraction of sp³-hybridized carbons (Fsp3) is 0.250. The van der Waals surface area contributed by atoms with Crippen molar-refractivity contribution in [2.24, 2.45) is 0 Å². The van der Waals surface area contributed by atoms with Gasteiger partial charge in [-0.1, -0.05) is 24.5 Å². The molecular weight excluding hydrogens is 245 g/mol. The van der Waals surface area contributed by atoms with Crippen molar-refractivity contribution in [1.29, 1.82) is 0 Å². The van der Waals surface area contributed by atoms with E-state index < -0.39 is 0 Å². The molecule has 0 aliphatic carbocycles.